The minimum absolute atomic E-state index is 0.141. The fourth-order valence-corrected chi connectivity index (χ4v) is 4.49. The van der Waals surface area contributed by atoms with E-state index >= 15 is 0 Å². The predicted octanol–water partition coefficient (Wildman–Crippen LogP) is 3.62. The molecule has 2 aromatic heterocycles. The van der Waals surface area contributed by atoms with Gasteiger partial charge in [-0.2, -0.15) is 4.39 Å². The number of aliphatic hydroxyl groups excluding tert-OH is 1. The number of hydrogen-bond acceptors (Lipinski definition) is 4. The van der Waals surface area contributed by atoms with Crippen molar-refractivity contribution in [2.45, 2.75) is 25.6 Å². The van der Waals surface area contributed by atoms with Gasteiger partial charge in [0.2, 0.25) is 5.95 Å². The molecule has 1 aliphatic rings. The van der Waals surface area contributed by atoms with Gasteiger partial charge in [-0.25, -0.2) is 4.98 Å². The summed E-state index contributed by atoms with van der Waals surface area (Å²) in [5, 5.41) is 12.0. The lowest BCUT2D eigenvalue weighted by atomic mass is 10.00. The summed E-state index contributed by atoms with van der Waals surface area (Å²) in [6, 6.07) is 18.8. The van der Waals surface area contributed by atoms with E-state index in [-0.39, 0.29) is 12.1 Å². The zero-order valence-corrected chi connectivity index (χ0v) is 17.6. The Balaban J connectivity index is 1.32. The summed E-state index contributed by atoms with van der Waals surface area (Å²) >= 11 is 0. The van der Waals surface area contributed by atoms with Gasteiger partial charge in [-0.3, -0.25) is 9.69 Å². The van der Waals surface area contributed by atoms with Crippen molar-refractivity contribution in [3.05, 3.63) is 100 Å². The van der Waals surface area contributed by atoms with Crippen molar-refractivity contribution < 1.29 is 9.50 Å². The lowest BCUT2D eigenvalue weighted by molar-refractivity contribution is 0.0911. The molecule has 32 heavy (non-hydrogen) atoms. The van der Waals surface area contributed by atoms with Crippen LogP contribution in [-0.2, 0) is 19.5 Å². The fraction of sp³-hybridized carbons (Fsp3) is 0.231. The highest BCUT2D eigenvalue weighted by Crippen LogP contribution is 2.23. The molecule has 1 aliphatic heterocycles. The minimum atomic E-state index is -0.644. The Morgan fingerprint density at radius 1 is 1.00 bits per heavy atom. The van der Waals surface area contributed by atoms with Crippen LogP contribution in [0.3, 0.4) is 0 Å². The largest absolute Gasteiger partial charge is 0.390 e. The van der Waals surface area contributed by atoms with Crippen LogP contribution < -0.4 is 5.56 Å². The molecule has 1 N–H and O–H groups in total. The normalized spacial score (nSPS) is 14.9. The molecule has 2 aromatic carbocycles. The molecule has 0 spiro atoms. The molecule has 4 aromatic rings. The van der Waals surface area contributed by atoms with Gasteiger partial charge in [0.25, 0.3) is 5.56 Å². The number of β-amino-alcohol motifs (C(OH)–C–C–N with tert-alkyl or cyclic N) is 1. The van der Waals surface area contributed by atoms with Crippen LogP contribution in [0.4, 0.5) is 4.39 Å². The Hall–Kier alpha value is -3.35. The number of aliphatic hydroxyl groups is 1. The van der Waals surface area contributed by atoms with Gasteiger partial charge in [0, 0.05) is 43.5 Å². The molecule has 0 aliphatic carbocycles. The van der Waals surface area contributed by atoms with Gasteiger partial charge >= 0.3 is 0 Å². The van der Waals surface area contributed by atoms with Crippen LogP contribution >= 0.6 is 0 Å². The van der Waals surface area contributed by atoms with Crippen molar-refractivity contribution in [3.8, 4) is 11.1 Å². The Morgan fingerprint density at radius 3 is 2.66 bits per heavy atom. The summed E-state index contributed by atoms with van der Waals surface area (Å²) in [4.78, 5) is 18.8. The predicted molar refractivity (Wildman–Crippen MR) is 123 cm³/mol. The van der Waals surface area contributed by atoms with E-state index in [0.717, 1.165) is 30.5 Å². The smallest absolute Gasteiger partial charge is 0.258 e. The number of nitrogens with zero attached hydrogens (tertiary/aromatic N) is 3. The standard InChI is InChI=1S/C26H24FN3O2/c27-25-14-20(7-10-28-25)19-5-6-24-21(13-19)9-12-30(26(24)32)17-23(31)16-29-11-8-18-3-1-2-4-22(18)15-29/h1-7,9-10,12-14,23,31H,8,11,15-17H2/t23-/m1/s1. The number of hydrogen-bond donors (Lipinski definition) is 1. The number of halogens is 1. The van der Waals surface area contributed by atoms with Gasteiger partial charge in [-0.15, -0.1) is 0 Å². The van der Waals surface area contributed by atoms with Gasteiger partial charge in [0.05, 0.1) is 12.6 Å². The first kappa shape index (κ1) is 20.5. The summed E-state index contributed by atoms with van der Waals surface area (Å²) in [6.07, 6.45) is 3.48. The third-order valence-electron chi connectivity index (χ3n) is 6.12. The van der Waals surface area contributed by atoms with Gasteiger partial charge in [0.15, 0.2) is 0 Å². The van der Waals surface area contributed by atoms with Crippen molar-refractivity contribution in [1.29, 1.82) is 0 Å². The van der Waals surface area contributed by atoms with Gasteiger partial charge in [0.1, 0.15) is 0 Å². The van der Waals surface area contributed by atoms with Crippen molar-refractivity contribution in [2.75, 3.05) is 13.1 Å². The van der Waals surface area contributed by atoms with E-state index in [1.165, 1.54) is 23.4 Å². The van der Waals surface area contributed by atoms with Crippen LogP contribution in [-0.4, -0.2) is 38.8 Å². The monoisotopic (exact) mass is 429 g/mol. The first-order chi connectivity index (χ1) is 15.6. The molecular weight excluding hydrogens is 405 g/mol. The molecular formula is C26H24FN3O2. The second kappa shape index (κ2) is 8.65. The maximum Gasteiger partial charge on any atom is 0.258 e. The molecule has 0 saturated heterocycles. The molecule has 5 rings (SSSR count). The second-order valence-electron chi connectivity index (χ2n) is 8.35. The van der Waals surface area contributed by atoms with Crippen LogP contribution in [0.5, 0.6) is 0 Å². The Kier molecular flexibility index (Phi) is 5.55. The van der Waals surface area contributed by atoms with E-state index in [0.29, 0.717) is 17.5 Å². The van der Waals surface area contributed by atoms with Crippen molar-refractivity contribution in [3.63, 3.8) is 0 Å². The van der Waals surface area contributed by atoms with Crippen LogP contribution in [0, 0.1) is 5.95 Å². The van der Waals surface area contributed by atoms with E-state index in [4.69, 9.17) is 0 Å². The number of pyridine rings is 2. The Bertz CT molecular complexity index is 1330. The second-order valence-corrected chi connectivity index (χ2v) is 8.35. The van der Waals surface area contributed by atoms with Gasteiger partial charge in [-0.05, 0) is 58.3 Å². The van der Waals surface area contributed by atoms with Crippen molar-refractivity contribution >= 4 is 10.8 Å². The SMILES string of the molecule is O=c1c2ccc(-c3ccnc(F)c3)cc2ccn1C[C@H](O)CN1CCc2ccccc2C1. The molecule has 0 fully saturated rings. The molecule has 0 radical (unpaired) electrons. The highest BCUT2D eigenvalue weighted by molar-refractivity contribution is 5.86. The summed E-state index contributed by atoms with van der Waals surface area (Å²) in [5.41, 5.74) is 4.07. The highest BCUT2D eigenvalue weighted by Gasteiger charge is 2.19. The Labute approximate surface area is 185 Å². The van der Waals surface area contributed by atoms with Gasteiger partial charge < -0.3 is 9.67 Å². The molecule has 0 saturated carbocycles. The molecule has 162 valence electrons. The third kappa shape index (κ3) is 4.20. The molecule has 0 unspecified atom stereocenters. The van der Waals surface area contributed by atoms with Crippen LogP contribution in [0.1, 0.15) is 11.1 Å². The molecule has 0 bridgehead atoms. The van der Waals surface area contributed by atoms with Crippen LogP contribution in [0.15, 0.2) is 77.9 Å². The van der Waals surface area contributed by atoms with E-state index in [9.17, 15) is 14.3 Å². The maximum absolute atomic E-state index is 13.5. The first-order valence-electron chi connectivity index (χ1n) is 10.8. The molecule has 1 atom stereocenters. The number of rotatable bonds is 5. The van der Waals surface area contributed by atoms with E-state index in [2.05, 4.69) is 28.1 Å². The van der Waals surface area contributed by atoms with E-state index in [1.807, 2.05) is 24.3 Å². The highest BCUT2D eigenvalue weighted by atomic mass is 19.1. The summed E-state index contributed by atoms with van der Waals surface area (Å²) in [7, 11) is 0. The molecule has 0 amide bonds. The number of aromatic nitrogens is 2. The van der Waals surface area contributed by atoms with Crippen molar-refractivity contribution in [2.24, 2.45) is 0 Å². The number of fused-ring (bicyclic) bond motifs is 2. The topological polar surface area (TPSA) is 58.4 Å². The molecule has 5 nitrogen and oxygen atoms in total. The van der Waals surface area contributed by atoms with E-state index < -0.39 is 12.1 Å². The fourth-order valence-electron chi connectivity index (χ4n) is 4.49. The lowest BCUT2D eigenvalue weighted by Gasteiger charge is -2.30. The van der Waals surface area contributed by atoms with Crippen molar-refractivity contribution in [1.82, 2.24) is 14.5 Å². The summed E-state index contributed by atoms with van der Waals surface area (Å²) < 4.78 is 15.0. The quantitative estimate of drug-likeness (QED) is 0.493. The zero-order chi connectivity index (χ0) is 22.1. The zero-order valence-electron chi connectivity index (χ0n) is 17.6. The molecule has 6 heteroatoms. The first-order valence-corrected chi connectivity index (χ1v) is 10.8. The summed E-state index contributed by atoms with van der Waals surface area (Å²) in [5.74, 6) is -0.538. The van der Waals surface area contributed by atoms with Crippen LogP contribution in [0.25, 0.3) is 21.9 Å². The van der Waals surface area contributed by atoms with Gasteiger partial charge in [-0.1, -0.05) is 30.3 Å². The van der Waals surface area contributed by atoms with Crippen LogP contribution in [0.2, 0.25) is 0 Å². The maximum atomic E-state index is 13.5. The Morgan fingerprint density at radius 2 is 1.81 bits per heavy atom. The minimum Gasteiger partial charge on any atom is -0.390 e. The average molecular weight is 429 g/mol. The number of benzene rings is 2. The lowest BCUT2D eigenvalue weighted by Crippen LogP contribution is -2.39. The summed E-state index contributed by atoms with van der Waals surface area (Å²) in [6.45, 7) is 2.48. The third-order valence-corrected chi connectivity index (χ3v) is 6.12. The molecule has 3 heterocycles. The average Bonchev–Trinajstić information content (AvgIpc) is 2.80. The van der Waals surface area contributed by atoms with E-state index in [1.54, 1.807) is 22.9 Å².